The van der Waals surface area contributed by atoms with E-state index in [2.05, 4.69) is 9.97 Å². The number of amides is 2. The molecular weight excluding hydrogens is 368 g/mol. The molecule has 29 heavy (non-hydrogen) atoms. The van der Waals surface area contributed by atoms with Crippen LogP contribution in [-0.2, 0) is 17.8 Å². The van der Waals surface area contributed by atoms with Crippen molar-refractivity contribution in [1.29, 1.82) is 0 Å². The number of nitrogens with zero attached hydrogens (tertiary/aromatic N) is 3. The zero-order chi connectivity index (χ0) is 20.5. The number of benzene rings is 1. The fraction of sp³-hybridized carbons (Fsp3) is 0.455. The van der Waals surface area contributed by atoms with E-state index < -0.39 is 0 Å². The van der Waals surface area contributed by atoms with Crippen molar-refractivity contribution < 1.29 is 9.59 Å². The Hall–Kier alpha value is -2.96. The molecule has 3 heterocycles. The van der Waals surface area contributed by atoms with E-state index in [4.69, 9.17) is 0 Å². The third-order valence-corrected chi connectivity index (χ3v) is 5.97. The van der Waals surface area contributed by atoms with Crippen LogP contribution in [0.2, 0.25) is 0 Å². The number of hydrogen-bond donors (Lipinski definition) is 1. The molecule has 2 aliphatic rings. The molecule has 2 aromatic rings. The molecule has 1 aromatic heterocycles. The molecule has 152 valence electrons. The van der Waals surface area contributed by atoms with Crippen molar-refractivity contribution in [3.05, 3.63) is 62.8 Å². The van der Waals surface area contributed by atoms with Gasteiger partial charge in [0.15, 0.2) is 0 Å². The molecule has 1 aromatic carbocycles. The summed E-state index contributed by atoms with van der Waals surface area (Å²) < 4.78 is 0. The minimum Gasteiger partial charge on any atom is -0.334 e. The topological polar surface area (TPSA) is 86.4 Å². The number of aromatic nitrogens is 2. The predicted molar refractivity (Wildman–Crippen MR) is 108 cm³/mol. The SMILES string of the molecule is CCc1c(C)nc([C@@H]2CCCN2C(=O)CCN2Cc3ccccc3C2=O)[nH]c1=O. The van der Waals surface area contributed by atoms with Crippen LogP contribution >= 0.6 is 0 Å². The Balaban J connectivity index is 1.44. The van der Waals surface area contributed by atoms with Crippen molar-refractivity contribution in [3.8, 4) is 0 Å². The molecule has 1 saturated heterocycles. The third-order valence-electron chi connectivity index (χ3n) is 5.97. The Morgan fingerprint density at radius 1 is 1.28 bits per heavy atom. The molecule has 7 nitrogen and oxygen atoms in total. The normalized spacial score (nSPS) is 18.4. The van der Waals surface area contributed by atoms with Gasteiger partial charge in [-0.05, 0) is 37.8 Å². The molecule has 0 unspecified atom stereocenters. The minimum atomic E-state index is -0.203. The monoisotopic (exact) mass is 394 g/mol. The van der Waals surface area contributed by atoms with Gasteiger partial charge in [-0.3, -0.25) is 14.4 Å². The molecule has 7 heteroatoms. The number of rotatable bonds is 5. The van der Waals surface area contributed by atoms with Crippen molar-refractivity contribution in [2.24, 2.45) is 0 Å². The Kier molecular flexibility index (Phi) is 5.22. The van der Waals surface area contributed by atoms with E-state index in [-0.39, 0.29) is 29.8 Å². The van der Waals surface area contributed by atoms with Crippen LogP contribution in [0.25, 0.3) is 0 Å². The zero-order valence-electron chi connectivity index (χ0n) is 16.9. The number of fused-ring (bicyclic) bond motifs is 1. The predicted octanol–water partition coefficient (Wildman–Crippen LogP) is 2.35. The largest absolute Gasteiger partial charge is 0.334 e. The molecule has 0 aliphatic carbocycles. The summed E-state index contributed by atoms with van der Waals surface area (Å²) in [5, 5.41) is 0. The number of aromatic amines is 1. The summed E-state index contributed by atoms with van der Waals surface area (Å²) in [5.74, 6) is 0.555. The second-order valence-electron chi connectivity index (χ2n) is 7.75. The van der Waals surface area contributed by atoms with Gasteiger partial charge < -0.3 is 14.8 Å². The number of nitrogens with one attached hydrogen (secondary N) is 1. The maximum absolute atomic E-state index is 12.9. The average Bonchev–Trinajstić information content (AvgIpc) is 3.31. The summed E-state index contributed by atoms with van der Waals surface area (Å²) in [6.45, 7) is 5.37. The highest BCUT2D eigenvalue weighted by Crippen LogP contribution is 2.30. The summed E-state index contributed by atoms with van der Waals surface area (Å²) in [5.41, 5.74) is 3.04. The van der Waals surface area contributed by atoms with Crippen LogP contribution in [0, 0.1) is 6.92 Å². The van der Waals surface area contributed by atoms with Crippen molar-refractivity contribution in [2.75, 3.05) is 13.1 Å². The molecule has 4 rings (SSSR count). The quantitative estimate of drug-likeness (QED) is 0.843. The Bertz CT molecular complexity index is 1010. The summed E-state index contributed by atoms with van der Waals surface area (Å²) >= 11 is 0. The molecular formula is C22H26N4O3. The van der Waals surface area contributed by atoms with Crippen molar-refractivity contribution in [3.63, 3.8) is 0 Å². The Morgan fingerprint density at radius 2 is 2.07 bits per heavy atom. The lowest BCUT2D eigenvalue weighted by molar-refractivity contribution is -0.132. The standard InChI is InChI=1S/C22H26N4O3/c1-3-16-14(2)23-20(24-21(16)28)18-9-6-11-26(18)19(27)10-12-25-13-15-7-4-5-8-17(15)22(25)29/h4-5,7-8,18H,3,6,9-13H2,1-2H3,(H,23,24,28)/t18-/m0/s1. The van der Waals surface area contributed by atoms with Crippen LogP contribution in [0.1, 0.15) is 65.2 Å². The van der Waals surface area contributed by atoms with Gasteiger partial charge in [-0.25, -0.2) is 4.98 Å². The van der Waals surface area contributed by atoms with E-state index in [1.807, 2.05) is 38.1 Å². The summed E-state index contributed by atoms with van der Waals surface area (Å²) in [6, 6.07) is 7.37. The molecule has 1 fully saturated rings. The van der Waals surface area contributed by atoms with Gasteiger partial charge in [-0.2, -0.15) is 0 Å². The Labute approximate surface area is 169 Å². The van der Waals surface area contributed by atoms with Crippen molar-refractivity contribution in [2.45, 2.75) is 52.1 Å². The zero-order valence-corrected chi connectivity index (χ0v) is 16.9. The van der Waals surface area contributed by atoms with E-state index in [0.717, 1.165) is 29.7 Å². The molecule has 1 atom stereocenters. The van der Waals surface area contributed by atoms with Gasteiger partial charge in [0.2, 0.25) is 5.91 Å². The van der Waals surface area contributed by atoms with Gasteiger partial charge in [-0.1, -0.05) is 25.1 Å². The van der Waals surface area contributed by atoms with Crippen LogP contribution in [0.15, 0.2) is 29.1 Å². The van der Waals surface area contributed by atoms with E-state index in [1.54, 1.807) is 9.80 Å². The van der Waals surface area contributed by atoms with Crippen LogP contribution in [0.4, 0.5) is 0 Å². The van der Waals surface area contributed by atoms with Gasteiger partial charge in [0, 0.05) is 42.9 Å². The second-order valence-corrected chi connectivity index (χ2v) is 7.75. The van der Waals surface area contributed by atoms with Gasteiger partial charge >= 0.3 is 0 Å². The summed E-state index contributed by atoms with van der Waals surface area (Å²) in [4.78, 5) is 48.8. The number of carbonyl (C=O) groups is 2. The highest BCUT2D eigenvalue weighted by atomic mass is 16.2. The Morgan fingerprint density at radius 3 is 2.79 bits per heavy atom. The van der Waals surface area contributed by atoms with Crippen LogP contribution < -0.4 is 5.56 Å². The lowest BCUT2D eigenvalue weighted by Crippen LogP contribution is -2.36. The molecule has 2 aliphatic heterocycles. The maximum Gasteiger partial charge on any atom is 0.254 e. The van der Waals surface area contributed by atoms with Crippen molar-refractivity contribution in [1.82, 2.24) is 19.8 Å². The van der Waals surface area contributed by atoms with Crippen LogP contribution in [-0.4, -0.2) is 44.7 Å². The second kappa shape index (κ2) is 7.81. The number of aryl methyl sites for hydroxylation is 1. The first-order valence-corrected chi connectivity index (χ1v) is 10.3. The molecule has 0 bridgehead atoms. The van der Waals surface area contributed by atoms with Gasteiger partial charge in [0.05, 0.1) is 6.04 Å². The first kappa shape index (κ1) is 19.4. The number of likely N-dealkylation sites (tertiary alicyclic amines) is 1. The van der Waals surface area contributed by atoms with Crippen LogP contribution in [0.3, 0.4) is 0 Å². The molecule has 1 N–H and O–H groups in total. The number of hydrogen-bond acceptors (Lipinski definition) is 4. The van der Waals surface area contributed by atoms with E-state index >= 15 is 0 Å². The maximum atomic E-state index is 12.9. The fourth-order valence-electron chi connectivity index (χ4n) is 4.43. The number of H-pyrrole nitrogens is 1. The average molecular weight is 394 g/mol. The van der Waals surface area contributed by atoms with Gasteiger partial charge in [0.1, 0.15) is 5.82 Å². The molecule has 0 saturated carbocycles. The van der Waals surface area contributed by atoms with E-state index in [1.165, 1.54) is 0 Å². The third kappa shape index (κ3) is 3.57. The van der Waals surface area contributed by atoms with E-state index in [9.17, 15) is 14.4 Å². The first-order chi connectivity index (χ1) is 14.0. The summed E-state index contributed by atoms with van der Waals surface area (Å²) in [6.07, 6.45) is 2.57. The molecule has 0 radical (unpaired) electrons. The first-order valence-electron chi connectivity index (χ1n) is 10.3. The van der Waals surface area contributed by atoms with Gasteiger partial charge in [0.25, 0.3) is 11.5 Å². The highest BCUT2D eigenvalue weighted by molar-refractivity contribution is 5.98. The van der Waals surface area contributed by atoms with Gasteiger partial charge in [-0.15, -0.1) is 0 Å². The number of carbonyl (C=O) groups excluding carboxylic acids is 2. The molecule has 2 amide bonds. The molecule has 0 spiro atoms. The van der Waals surface area contributed by atoms with Crippen molar-refractivity contribution >= 4 is 11.8 Å². The smallest absolute Gasteiger partial charge is 0.254 e. The fourth-order valence-corrected chi connectivity index (χ4v) is 4.43. The van der Waals surface area contributed by atoms with Crippen LogP contribution in [0.5, 0.6) is 0 Å². The highest BCUT2D eigenvalue weighted by Gasteiger charge is 2.33. The lowest BCUT2D eigenvalue weighted by Gasteiger charge is -2.25. The lowest BCUT2D eigenvalue weighted by atomic mass is 10.1. The van der Waals surface area contributed by atoms with E-state index in [0.29, 0.717) is 37.4 Å². The minimum absolute atomic E-state index is 0.00359. The summed E-state index contributed by atoms with van der Waals surface area (Å²) in [7, 11) is 0.